The molecule has 13 heavy (non-hydrogen) atoms. The monoisotopic (exact) mass is 180 g/mol. The summed E-state index contributed by atoms with van der Waals surface area (Å²) in [4.78, 5) is 5.03. The Bertz CT molecular complexity index is 198. The largest absolute Gasteiger partial charge is 0.306 e. The summed E-state index contributed by atoms with van der Waals surface area (Å²) < 4.78 is 0. The maximum Gasteiger partial charge on any atom is 0.0187 e. The molecule has 2 nitrogen and oxygen atoms in total. The number of likely N-dealkylation sites (tertiary alicyclic amines) is 2. The van der Waals surface area contributed by atoms with E-state index in [1.54, 1.807) is 0 Å². The molecule has 0 aromatic carbocycles. The Morgan fingerprint density at radius 2 is 1.77 bits per heavy atom. The summed E-state index contributed by atoms with van der Waals surface area (Å²) in [7, 11) is 2.24. The zero-order valence-corrected chi connectivity index (χ0v) is 8.79. The highest BCUT2D eigenvalue weighted by Gasteiger charge is 2.38. The Labute approximate surface area is 81.2 Å². The fourth-order valence-corrected chi connectivity index (χ4v) is 2.84. The molecule has 2 heteroatoms. The van der Waals surface area contributed by atoms with Crippen LogP contribution in [0, 0.1) is 11.8 Å². The second kappa shape index (κ2) is 3.43. The number of rotatable bonds is 2. The van der Waals surface area contributed by atoms with Gasteiger partial charge in [-0.05, 0) is 25.8 Å². The second-order valence-electron chi connectivity index (χ2n) is 4.89. The lowest BCUT2D eigenvalue weighted by Crippen LogP contribution is -2.27. The second-order valence-corrected chi connectivity index (χ2v) is 4.89. The van der Waals surface area contributed by atoms with Crippen LogP contribution in [0.2, 0.25) is 0 Å². The lowest BCUT2D eigenvalue weighted by Gasteiger charge is -2.18. The molecule has 0 saturated carbocycles. The van der Waals surface area contributed by atoms with Crippen LogP contribution in [0.4, 0.5) is 0 Å². The first kappa shape index (κ1) is 9.22. The third-order valence-corrected chi connectivity index (χ3v) is 3.24. The molecular formula is C11H20N2. The minimum Gasteiger partial charge on any atom is -0.306 e. The molecule has 0 aliphatic carbocycles. The van der Waals surface area contributed by atoms with Crippen LogP contribution in [0.5, 0.6) is 0 Å². The molecule has 0 unspecified atom stereocenters. The Kier molecular flexibility index (Phi) is 2.43. The minimum absolute atomic E-state index is 0.935. The molecule has 74 valence electrons. The van der Waals surface area contributed by atoms with Crippen LogP contribution in [0.1, 0.15) is 6.92 Å². The normalized spacial score (nSPS) is 35.2. The predicted molar refractivity (Wildman–Crippen MR) is 55.7 cm³/mol. The van der Waals surface area contributed by atoms with Crippen molar-refractivity contribution >= 4 is 0 Å². The Morgan fingerprint density at radius 3 is 2.23 bits per heavy atom. The quantitative estimate of drug-likeness (QED) is 0.586. The zero-order valence-electron chi connectivity index (χ0n) is 8.79. The van der Waals surface area contributed by atoms with Gasteiger partial charge in [-0.1, -0.05) is 12.2 Å². The lowest BCUT2D eigenvalue weighted by atomic mass is 10.0. The van der Waals surface area contributed by atoms with E-state index in [0.29, 0.717) is 0 Å². The van der Waals surface area contributed by atoms with Crippen molar-refractivity contribution in [1.29, 1.82) is 0 Å². The summed E-state index contributed by atoms with van der Waals surface area (Å²) in [6.07, 6.45) is 0. The molecule has 2 heterocycles. The van der Waals surface area contributed by atoms with Gasteiger partial charge < -0.3 is 4.90 Å². The summed E-state index contributed by atoms with van der Waals surface area (Å²) in [5.74, 6) is 1.87. The number of hydrogen-bond donors (Lipinski definition) is 0. The van der Waals surface area contributed by atoms with Crippen LogP contribution in [0.15, 0.2) is 12.2 Å². The number of fused-ring (bicyclic) bond motifs is 1. The molecule has 0 aromatic rings. The summed E-state index contributed by atoms with van der Waals surface area (Å²) >= 11 is 0. The van der Waals surface area contributed by atoms with Crippen LogP contribution in [-0.4, -0.2) is 49.6 Å². The van der Waals surface area contributed by atoms with Gasteiger partial charge in [-0.2, -0.15) is 0 Å². The summed E-state index contributed by atoms with van der Waals surface area (Å²) in [5, 5.41) is 0. The molecule has 0 spiro atoms. The Hall–Kier alpha value is -0.340. The van der Waals surface area contributed by atoms with E-state index in [0.717, 1.165) is 18.4 Å². The lowest BCUT2D eigenvalue weighted by molar-refractivity contribution is 0.294. The molecule has 0 N–H and O–H groups in total. The van der Waals surface area contributed by atoms with Crippen LogP contribution in [0.25, 0.3) is 0 Å². The van der Waals surface area contributed by atoms with Crippen molar-refractivity contribution < 1.29 is 0 Å². The molecule has 0 radical (unpaired) electrons. The summed E-state index contributed by atoms with van der Waals surface area (Å²) in [5.41, 5.74) is 1.30. The maximum atomic E-state index is 3.98. The molecule has 0 aromatic heterocycles. The van der Waals surface area contributed by atoms with Gasteiger partial charge in [0.05, 0.1) is 0 Å². The molecule has 2 fully saturated rings. The molecule has 0 amide bonds. The van der Waals surface area contributed by atoms with E-state index >= 15 is 0 Å². The SMILES string of the molecule is C=C(C)CN1C[C@H]2CN(C)C[C@H]2C1. The molecular weight excluding hydrogens is 160 g/mol. The molecule has 2 aliphatic rings. The third-order valence-electron chi connectivity index (χ3n) is 3.24. The van der Waals surface area contributed by atoms with Crippen molar-refractivity contribution in [3.05, 3.63) is 12.2 Å². The fourth-order valence-electron chi connectivity index (χ4n) is 2.84. The van der Waals surface area contributed by atoms with Gasteiger partial charge in [0.1, 0.15) is 0 Å². The highest BCUT2D eigenvalue weighted by atomic mass is 15.2. The highest BCUT2D eigenvalue weighted by molar-refractivity contribution is 4.98. The topological polar surface area (TPSA) is 6.48 Å². The first-order valence-electron chi connectivity index (χ1n) is 5.20. The molecule has 2 aliphatic heterocycles. The Morgan fingerprint density at radius 1 is 1.23 bits per heavy atom. The van der Waals surface area contributed by atoms with Crippen LogP contribution >= 0.6 is 0 Å². The third kappa shape index (κ3) is 1.94. The van der Waals surface area contributed by atoms with Crippen molar-refractivity contribution in [2.24, 2.45) is 11.8 Å². The molecule has 2 atom stereocenters. The zero-order chi connectivity index (χ0) is 9.42. The van der Waals surface area contributed by atoms with Gasteiger partial charge in [0.15, 0.2) is 0 Å². The maximum absolute atomic E-state index is 3.98. The van der Waals surface area contributed by atoms with Gasteiger partial charge in [0.2, 0.25) is 0 Å². The predicted octanol–water partition coefficient (Wildman–Crippen LogP) is 1.06. The number of nitrogens with zero attached hydrogens (tertiary/aromatic N) is 2. The van der Waals surface area contributed by atoms with Crippen LogP contribution in [-0.2, 0) is 0 Å². The van der Waals surface area contributed by atoms with Crippen molar-refractivity contribution in [2.45, 2.75) is 6.92 Å². The van der Waals surface area contributed by atoms with E-state index in [9.17, 15) is 0 Å². The molecule has 2 saturated heterocycles. The van der Waals surface area contributed by atoms with E-state index in [1.165, 1.54) is 31.8 Å². The van der Waals surface area contributed by atoms with Crippen molar-refractivity contribution in [1.82, 2.24) is 9.80 Å². The highest BCUT2D eigenvalue weighted by Crippen LogP contribution is 2.30. The van der Waals surface area contributed by atoms with Crippen molar-refractivity contribution in [3.63, 3.8) is 0 Å². The van der Waals surface area contributed by atoms with Crippen molar-refractivity contribution in [2.75, 3.05) is 39.8 Å². The van der Waals surface area contributed by atoms with Gasteiger partial charge in [0.25, 0.3) is 0 Å². The van der Waals surface area contributed by atoms with Gasteiger partial charge in [-0.25, -0.2) is 0 Å². The molecule has 2 rings (SSSR count). The van der Waals surface area contributed by atoms with E-state index < -0.39 is 0 Å². The standard InChI is InChI=1S/C11H20N2/c1-9(2)4-13-7-10-5-12(3)6-11(10)8-13/h10-11H,1,4-8H2,2-3H3/t10-,11+. The van der Waals surface area contributed by atoms with Crippen LogP contribution < -0.4 is 0 Å². The van der Waals surface area contributed by atoms with E-state index in [1.807, 2.05) is 0 Å². The minimum atomic E-state index is 0.935. The first-order chi connectivity index (χ1) is 6.15. The van der Waals surface area contributed by atoms with Crippen LogP contribution in [0.3, 0.4) is 0 Å². The van der Waals surface area contributed by atoms with Gasteiger partial charge in [-0.15, -0.1) is 0 Å². The van der Waals surface area contributed by atoms with Crippen molar-refractivity contribution in [3.8, 4) is 0 Å². The fraction of sp³-hybridized carbons (Fsp3) is 0.818. The number of hydrogen-bond acceptors (Lipinski definition) is 2. The molecule has 0 bridgehead atoms. The van der Waals surface area contributed by atoms with E-state index in [2.05, 4.69) is 30.4 Å². The average Bonchev–Trinajstić information content (AvgIpc) is 2.41. The smallest absolute Gasteiger partial charge is 0.0187 e. The average molecular weight is 180 g/mol. The van der Waals surface area contributed by atoms with Gasteiger partial charge >= 0.3 is 0 Å². The summed E-state index contributed by atoms with van der Waals surface area (Å²) in [6, 6.07) is 0. The Balaban J connectivity index is 1.86. The summed E-state index contributed by atoms with van der Waals surface area (Å²) in [6.45, 7) is 12.4. The van der Waals surface area contributed by atoms with E-state index in [4.69, 9.17) is 0 Å². The van der Waals surface area contributed by atoms with Gasteiger partial charge in [-0.3, -0.25) is 4.90 Å². The van der Waals surface area contributed by atoms with Gasteiger partial charge in [0, 0.05) is 32.7 Å². The van der Waals surface area contributed by atoms with E-state index in [-0.39, 0.29) is 0 Å². The first-order valence-corrected chi connectivity index (χ1v) is 5.20.